The van der Waals surface area contributed by atoms with Crippen LogP contribution < -0.4 is 9.47 Å². The highest BCUT2D eigenvalue weighted by molar-refractivity contribution is 5.95. The van der Waals surface area contributed by atoms with Gasteiger partial charge in [-0.2, -0.15) is 0 Å². The fourth-order valence-corrected chi connectivity index (χ4v) is 4.63. The molecule has 0 radical (unpaired) electrons. The highest BCUT2D eigenvalue weighted by Crippen LogP contribution is 2.44. The average molecular weight is 396 g/mol. The number of para-hydroxylation sites is 1. The second kappa shape index (κ2) is 6.66. The van der Waals surface area contributed by atoms with Gasteiger partial charge < -0.3 is 19.4 Å². The van der Waals surface area contributed by atoms with E-state index < -0.39 is 0 Å². The summed E-state index contributed by atoms with van der Waals surface area (Å²) in [5.74, 6) is 1.57. The fourth-order valence-electron chi connectivity index (χ4n) is 4.63. The Kier molecular flexibility index (Phi) is 3.81. The van der Waals surface area contributed by atoms with Crippen molar-refractivity contribution in [2.24, 2.45) is 0 Å². The van der Waals surface area contributed by atoms with Crippen LogP contribution in [0.5, 0.6) is 11.5 Å². The highest BCUT2D eigenvalue weighted by Gasteiger charge is 2.35. The van der Waals surface area contributed by atoms with E-state index in [1.54, 1.807) is 0 Å². The maximum absolute atomic E-state index is 13.5. The first-order valence-corrected chi connectivity index (χ1v) is 10.1. The molecule has 1 atom stereocenters. The summed E-state index contributed by atoms with van der Waals surface area (Å²) in [6, 6.07) is 21.6. The summed E-state index contributed by atoms with van der Waals surface area (Å²) >= 11 is 0. The second-order valence-corrected chi connectivity index (χ2v) is 7.71. The van der Waals surface area contributed by atoms with Crippen LogP contribution in [0.2, 0.25) is 0 Å². The molecule has 1 aromatic heterocycles. The van der Waals surface area contributed by atoms with Gasteiger partial charge in [0.25, 0.3) is 5.91 Å². The molecule has 5 nitrogen and oxygen atoms in total. The number of fused-ring (bicyclic) bond motifs is 3. The van der Waals surface area contributed by atoms with Gasteiger partial charge in [0.2, 0.25) is 6.79 Å². The van der Waals surface area contributed by atoms with Crippen LogP contribution in [-0.4, -0.2) is 29.1 Å². The lowest BCUT2D eigenvalue weighted by Gasteiger charge is -2.37. The van der Waals surface area contributed by atoms with Crippen molar-refractivity contribution in [3.63, 3.8) is 0 Å². The van der Waals surface area contributed by atoms with Gasteiger partial charge in [0, 0.05) is 34.8 Å². The van der Waals surface area contributed by atoms with Crippen LogP contribution in [-0.2, 0) is 6.42 Å². The summed E-state index contributed by atoms with van der Waals surface area (Å²) < 4.78 is 11.3. The molecule has 6 rings (SSSR count). The van der Waals surface area contributed by atoms with E-state index in [0.29, 0.717) is 12.1 Å². The normalized spacial score (nSPS) is 17.2. The Labute approximate surface area is 173 Å². The molecule has 1 amide bonds. The lowest BCUT2D eigenvalue weighted by molar-refractivity contribution is 0.0695. The number of benzene rings is 3. The van der Waals surface area contributed by atoms with Crippen LogP contribution in [0.4, 0.5) is 0 Å². The number of nitrogens with zero attached hydrogens (tertiary/aromatic N) is 1. The monoisotopic (exact) mass is 396 g/mol. The molecule has 1 N–H and O–H groups in total. The largest absolute Gasteiger partial charge is 0.454 e. The van der Waals surface area contributed by atoms with Crippen molar-refractivity contribution in [3.8, 4) is 11.5 Å². The lowest BCUT2D eigenvalue weighted by Crippen LogP contribution is -2.40. The molecule has 0 saturated heterocycles. The van der Waals surface area contributed by atoms with Crippen molar-refractivity contribution >= 4 is 16.8 Å². The minimum atomic E-state index is -0.202. The van der Waals surface area contributed by atoms with Crippen LogP contribution in [0.15, 0.2) is 72.9 Å². The van der Waals surface area contributed by atoms with Crippen LogP contribution in [0.3, 0.4) is 0 Å². The van der Waals surface area contributed by atoms with E-state index >= 15 is 0 Å². The molecule has 0 aliphatic carbocycles. The summed E-state index contributed by atoms with van der Waals surface area (Å²) in [6.07, 6.45) is 2.81. The number of ether oxygens (including phenoxy) is 2. The first-order valence-electron chi connectivity index (χ1n) is 10.1. The number of amides is 1. The molecule has 30 heavy (non-hydrogen) atoms. The number of hydrogen-bond acceptors (Lipinski definition) is 3. The van der Waals surface area contributed by atoms with Crippen LogP contribution >= 0.6 is 0 Å². The second-order valence-electron chi connectivity index (χ2n) is 7.71. The Morgan fingerprint density at radius 3 is 2.57 bits per heavy atom. The molecule has 148 valence electrons. The predicted octanol–water partition coefficient (Wildman–Crippen LogP) is 4.68. The number of hydrogen-bond donors (Lipinski definition) is 1. The highest BCUT2D eigenvalue weighted by atomic mass is 16.7. The van der Waals surface area contributed by atoms with E-state index in [1.165, 1.54) is 5.56 Å². The molecule has 4 aromatic rings. The molecular weight excluding hydrogens is 376 g/mol. The van der Waals surface area contributed by atoms with Crippen molar-refractivity contribution in [1.82, 2.24) is 9.88 Å². The van der Waals surface area contributed by atoms with Crippen molar-refractivity contribution in [2.75, 3.05) is 13.3 Å². The number of carbonyl (C=O) groups is 1. The van der Waals surface area contributed by atoms with Gasteiger partial charge in [-0.1, -0.05) is 36.4 Å². The Bertz CT molecular complexity index is 1260. The first kappa shape index (κ1) is 17.2. The topological polar surface area (TPSA) is 54.6 Å². The van der Waals surface area contributed by atoms with Gasteiger partial charge in [0.1, 0.15) is 0 Å². The van der Waals surface area contributed by atoms with Crippen LogP contribution in [0, 0.1) is 0 Å². The molecule has 0 bridgehead atoms. The molecular formula is C25H20N2O3. The molecule has 0 saturated carbocycles. The van der Waals surface area contributed by atoms with E-state index in [4.69, 9.17) is 9.47 Å². The summed E-state index contributed by atoms with van der Waals surface area (Å²) in [5, 5.41) is 1.12. The van der Waals surface area contributed by atoms with E-state index in [0.717, 1.165) is 39.9 Å². The Balaban J connectivity index is 1.54. The predicted molar refractivity (Wildman–Crippen MR) is 114 cm³/mol. The zero-order valence-electron chi connectivity index (χ0n) is 16.3. The summed E-state index contributed by atoms with van der Waals surface area (Å²) in [4.78, 5) is 18.9. The summed E-state index contributed by atoms with van der Waals surface area (Å²) in [5.41, 5.74) is 5.15. The number of aromatic nitrogens is 1. The van der Waals surface area contributed by atoms with Crippen molar-refractivity contribution < 1.29 is 14.3 Å². The summed E-state index contributed by atoms with van der Waals surface area (Å²) in [6.45, 7) is 0.882. The molecule has 2 aliphatic heterocycles. The summed E-state index contributed by atoms with van der Waals surface area (Å²) in [7, 11) is 0. The first-order chi connectivity index (χ1) is 14.8. The maximum atomic E-state index is 13.5. The molecule has 0 spiro atoms. The Hall–Kier alpha value is -3.73. The zero-order chi connectivity index (χ0) is 20.1. The SMILES string of the molecule is O=C(c1ccccc1)N1CCc2cc3c(cc2C1c1c[nH]c2ccccc12)OCO3. The van der Waals surface area contributed by atoms with Gasteiger partial charge in [0.15, 0.2) is 11.5 Å². The van der Waals surface area contributed by atoms with Crippen molar-refractivity contribution in [2.45, 2.75) is 12.5 Å². The van der Waals surface area contributed by atoms with E-state index in [-0.39, 0.29) is 18.7 Å². The van der Waals surface area contributed by atoms with Gasteiger partial charge in [-0.25, -0.2) is 0 Å². The lowest BCUT2D eigenvalue weighted by atomic mass is 9.87. The third kappa shape index (κ3) is 2.59. The minimum absolute atomic E-state index is 0.0363. The zero-order valence-corrected chi connectivity index (χ0v) is 16.3. The Morgan fingerprint density at radius 2 is 1.70 bits per heavy atom. The molecule has 1 unspecified atom stereocenters. The number of H-pyrrole nitrogens is 1. The number of carbonyl (C=O) groups excluding carboxylic acids is 1. The number of aromatic amines is 1. The molecule has 3 heterocycles. The number of rotatable bonds is 2. The van der Waals surface area contributed by atoms with Gasteiger partial charge in [-0.05, 0) is 47.9 Å². The third-order valence-corrected chi connectivity index (χ3v) is 6.06. The van der Waals surface area contributed by atoms with Gasteiger partial charge in [0.05, 0.1) is 6.04 Å². The third-order valence-electron chi connectivity index (χ3n) is 6.06. The quantitative estimate of drug-likeness (QED) is 0.535. The fraction of sp³-hybridized carbons (Fsp3) is 0.160. The smallest absolute Gasteiger partial charge is 0.254 e. The van der Waals surface area contributed by atoms with Crippen molar-refractivity contribution in [3.05, 3.63) is 95.2 Å². The maximum Gasteiger partial charge on any atom is 0.254 e. The molecule has 5 heteroatoms. The minimum Gasteiger partial charge on any atom is -0.454 e. The van der Waals surface area contributed by atoms with Crippen LogP contribution in [0.1, 0.15) is 33.1 Å². The van der Waals surface area contributed by atoms with Gasteiger partial charge in [-0.3, -0.25) is 4.79 Å². The molecule has 2 aliphatic rings. The number of nitrogens with one attached hydrogen (secondary N) is 1. The van der Waals surface area contributed by atoms with E-state index in [1.807, 2.05) is 53.6 Å². The van der Waals surface area contributed by atoms with Gasteiger partial charge >= 0.3 is 0 Å². The van der Waals surface area contributed by atoms with Crippen LogP contribution in [0.25, 0.3) is 10.9 Å². The standard InChI is InChI=1S/C25H20N2O3/c28-25(16-6-2-1-3-7-16)27-11-10-17-12-22-23(30-15-29-22)13-19(17)24(27)20-14-26-21-9-5-4-8-18(20)21/h1-9,12-14,24,26H,10-11,15H2. The average Bonchev–Trinajstić information content (AvgIpc) is 3.43. The van der Waals surface area contributed by atoms with Gasteiger partial charge in [-0.15, -0.1) is 0 Å². The van der Waals surface area contributed by atoms with E-state index in [2.05, 4.69) is 29.2 Å². The van der Waals surface area contributed by atoms with Crippen molar-refractivity contribution in [1.29, 1.82) is 0 Å². The Morgan fingerprint density at radius 1 is 0.933 bits per heavy atom. The molecule has 3 aromatic carbocycles. The molecule has 0 fully saturated rings. The van der Waals surface area contributed by atoms with E-state index in [9.17, 15) is 4.79 Å².